The summed E-state index contributed by atoms with van der Waals surface area (Å²) in [7, 11) is 0. The van der Waals surface area contributed by atoms with Gasteiger partial charge in [0.15, 0.2) is 5.78 Å². The lowest BCUT2D eigenvalue weighted by Crippen LogP contribution is -2.38. The largest absolute Gasteiger partial charge is 0.433 e. The van der Waals surface area contributed by atoms with Crippen molar-refractivity contribution >= 4 is 23.1 Å². The number of cyclic esters (lactones) is 1. The Morgan fingerprint density at radius 1 is 0.895 bits per heavy atom. The standard InChI is InChI=1S/C33H34N2O3/c1-32(2,3)21-16-14-20(15-17-21)29-28-25(18-33(4,5)19-27(28)36)34-24-12-8-9-13-26(24)35(29)30-22-10-6-7-11-23(22)31(37)38-30/h6-17,29-30,34H,18-19H2,1-5H3/t29-,30+/m0/s1. The average Bonchev–Trinajstić information content (AvgIpc) is 3.11. The molecular formula is C33H34N2O3. The molecule has 0 fully saturated rings. The zero-order chi connectivity index (χ0) is 26.8. The normalized spacial score (nSPS) is 22.2. The number of nitrogens with zero attached hydrogens (tertiary/aromatic N) is 1. The Morgan fingerprint density at radius 2 is 1.58 bits per heavy atom. The van der Waals surface area contributed by atoms with Crippen molar-refractivity contribution in [3.8, 4) is 0 Å². The number of nitrogens with one attached hydrogen (secondary N) is 1. The number of carbonyl (C=O) groups is 2. The van der Waals surface area contributed by atoms with E-state index in [1.807, 2.05) is 48.5 Å². The van der Waals surface area contributed by atoms with E-state index < -0.39 is 12.3 Å². The lowest BCUT2D eigenvalue weighted by atomic mass is 9.73. The van der Waals surface area contributed by atoms with E-state index in [1.165, 1.54) is 5.56 Å². The van der Waals surface area contributed by atoms with Crippen LogP contribution in [0.25, 0.3) is 0 Å². The van der Waals surface area contributed by atoms with Crippen LogP contribution in [0.3, 0.4) is 0 Å². The summed E-state index contributed by atoms with van der Waals surface area (Å²) in [5.74, 6) is -0.212. The first-order chi connectivity index (χ1) is 18.0. The number of fused-ring (bicyclic) bond motifs is 2. The molecule has 0 radical (unpaired) electrons. The predicted octanol–water partition coefficient (Wildman–Crippen LogP) is 7.47. The highest BCUT2D eigenvalue weighted by molar-refractivity contribution is 6.02. The molecule has 0 spiro atoms. The molecule has 0 aromatic heterocycles. The monoisotopic (exact) mass is 506 g/mol. The van der Waals surface area contributed by atoms with E-state index in [1.54, 1.807) is 0 Å². The Morgan fingerprint density at radius 3 is 2.32 bits per heavy atom. The maximum atomic E-state index is 14.0. The third-order valence-corrected chi connectivity index (χ3v) is 7.95. The molecule has 3 aromatic rings. The summed E-state index contributed by atoms with van der Waals surface area (Å²) in [4.78, 5) is 29.1. The highest BCUT2D eigenvalue weighted by atomic mass is 16.6. The summed E-state index contributed by atoms with van der Waals surface area (Å²) in [6, 6.07) is 23.8. The highest BCUT2D eigenvalue weighted by Crippen LogP contribution is 2.52. The molecule has 1 N–H and O–H groups in total. The van der Waals surface area contributed by atoms with Gasteiger partial charge in [0.1, 0.15) is 0 Å². The summed E-state index contributed by atoms with van der Waals surface area (Å²) in [5.41, 5.74) is 6.96. The second-order valence-corrected chi connectivity index (χ2v) is 12.5. The number of hydrogen-bond donors (Lipinski definition) is 1. The first-order valence-electron chi connectivity index (χ1n) is 13.3. The zero-order valence-electron chi connectivity index (χ0n) is 22.7. The maximum absolute atomic E-state index is 14.0. The number of anilines is 2. The quantitative estimate of drug-likeness (QED) is 0.365. The average molecular weight is 507 g/mol. The summed E-state index contributed by atoms with van der Waals surface area (Å²) in [6.07, 6.45) is 0.562. The van der Waals surface area contributed by atoms with E-state index in [2.05, 4.69) is 69.1 Å². The van der Waals surface area contributed by atoms with Gasteiger partial charge in [0, 0.05) is 23.3 Å². The third kappa shape index (κ3) is 4.01. The van der Waals surface area contributed by atoms with E-state index in [-0.39, 0.29) is 22.6 Å². The molecule has 5 nitrogen and oxygen atoms in total. The first-order valence-corrected chi connectivity index (χ1v) is 13.3. The molecule has 0 amide bonds. The van der Waals surface area contributed by atoms with Crippen LogP contribution >= 0.6 is 0 Å². The van der Waals surface area contributed by atoms with E-state index in [9.17, 15) is 9.59 Å². The summed E-state index contributed by atoms with van der Waals surface area (Å²) < 4.78 is 6.09. The Labute approximate surface area is 224 Å². The van der Waals surface area contributed by atoms with Gasteiger partial charge in [0.2, 0.25) is 6.23 Å². The van der Waals surface area contributed by atoms with Crippen LogP contribution in [0, 0.1) is 5.41 Å². The van der Waals surface area contributed by atoms with Crippen LogP contribution in [0.1, 0.15) is 86.8 Å². The zero-order valence-corrected chi connectivity index (χ0v) is 22.7. The van der Waals surface area contributed by atoms with Gasteiger partial charge in [-0.05, 0) is 46.6 Å². The molecule has 0 saturated heterocycles. The molecule has 0 saturated carbocycles. The molecule has 3 aromatic carbocycles. The fraction of sp³-hybridized carbons (Fsp3) is 0.333. The van der Waals surface area contributed by atoms with E-state index in [0.29, 0.717) is 12.0 Å². The second kappa shape index (κ2) is 8.59. The highest BCUT2D eigenvalue weighted by Gasteiger charge is 2.46. The van der Waals surface area contributed by atoms with Crippen LogP contribution in [-0.2, 0) is 14.9 Å². The number of allylic oxidation sites excluding steroid dienone is 1. The van der Waals surface area contributed by atoms with Gasteiger partial charge in [0.05, 0.1) is 23.0 Å². The Balaban J connectivity index is 1.62. The third-order valence-electron chi connectivity index (χ3n) is 7.95. The van der Waals surface area contributed by atoms with Crippen molar-refractivity contribution in [1.29, 1.82) is 0 Å². The summed E-state index contributed by atoms with van der Waals surface area (Å²) in [5, 5.41) is 3.65. The Kier molecular flexibility index (Phi) is 5.53. The van der Waals surface area contributed by atoms with Crippen molar-refractivity contribution in [3.05, 3.63) is 106 Å². The number of ketones is 1. The van der Waals surface area contributed by atoms with Gasteiger partial charge in [-0.15, -0.1) is 0 Å². The van der Waals surface area contributed by atoms with Crippen LogP contribution in [0.5, 0.6) is 0 Å². The Hall–Kier alpha value is -3.86. The van der Waals surface area contributed by atoms with Crippen molar-refractivity contribution in [2.45, 2.75) is 65.1 Å². The van der Waals surface area contributed by atoms with Crippen molar-refractivity contribution in [2.24, 2.45) is 5.41 Å². The van der Waals surface area contributed by atoms with Crippen molar-refractivity contribution in [3.63, 3.8) is 0 Å². The smallest absolute Gasteiger partial charge is 0.340 e. The fourth-order valence-corrected chi connectivity index (χ4v) is 6.10. The van der Waals surface area contributed by atoms with Crippen LogP contribution in [0.4, 0.5) is 11.4 Å². The number of esters is 1. The molecular weight excluding hydrogens is 472 g/mol. The Bertz CT molecular complexity index is 1480. The number of para-hydroxylation sites is 2. The number of Topliss-reactive ketones (excluding diaryl/α,β-unsaturated/α-hetero) is 1. The fourth-order valence-electron chi connectivity index (χ4n) is 6.10. The molecule has 0 bridgehead atoms. The van der Waals surface area contributed by atoms with Gasteiger partial charge in [-0.25, -0.2) is 4.79 Å². The van der Waals surface area contributed by atoms with Gasteiger partial charge in [-0.2, -0.15) is 0 Å². The number of rotatable bonds is 2. The van der Waals surface area contributed by atoms with Crippen LogP contribution in [-0.4, -0.2) is 11.8 Å². The minimum atomic E-state index is -0.663. The lowest BCUT2D eigenvalue weighted by Gasteiger charge is -2.40. The maximum Gasteiger partial charge on any atom is 0.340 e. The molecule has 1 aliphatic carbocycles. The van der Waals surface area contributed by atoms with Crippen LogP contribution in [0.15, 0.2) is 84.1 Å². The molecule has 2 aliphatic heterocycles. The van der Waals surface area contributed by atoms with E-state index in [0.717, 1.165) is 40.2 Å². The van der Waals surface area contributed by atoms with Gasteiger partial charge >= 0.3 is 5.97 Å². The molecule has 6 rings (SSSR count). The number of carbonyl (C=O) groups excluding carboxylic acids is 2. The molecule has 38 heavy (non-hydrogen) atoms. The van der Waals surface area contributed by atoms with Gasteiger partial charge in [-0.3, -0.25) is 4.79 Å². The lowest BCUT2D eigenvalue weighted by molar-refractivity contribution is -0.118. The molecule has 194 valence electrons. The minimum absolute atomic E-state index is 0.00482. The molecule has 2 atom stereocenters. The van der Waals surface area contributed by atoms with Crippen LogP contribution < -0.4 is 10.2 Å². The SMILES string of the molecule is CC1(C)CC(=O)C2=C(C1)Nc1ccccc1N([C@@H]1OC(=O)c3ccccc31)[C@H]2c1ccc(C(C)(C)C)cc1. The van der Waals surface area contributed by atoms with E-state index in [4.69, 9.17) is 4.74 Å². The first kappa shape index (κ1) is 24.5. The predicted molar refractivity (Wildman–Crippen MR) is 150 cm³/mol. The van der Waals surface area contributed by atoms with Crippen LogP contribution in [0.2, 0.25) is 0 Å². The van der Waals surface area contributed by atoms with Gasteiger partial charge in [0.25, 0.3) is 0 Å². The summed E-state index contributed by atoms with van der Waals surface area (Å²) >= 11 is 0. The molecule has 5 heteroatoms. The summed E-state index contributed by atoms with van der Waals surface area (Å²) in [6.45, 7) is 10.9. The van der Waals surface area contributed by atoms with Crippen molar-refractivity contribution in [1.82, 2.24) is 0 Å². The molecule has 2 heterocycles. The van der Waals surface area contributed by atoms with Crippen molar-refractivity contribution in [2.75, 3.05) is 10.2 Å². The molecule has 3 aliphatic rings. The minimum Gasteiger partial charge on any atom is -0.433 e. The number of ether oxygens (including phenoxy) is 1. The van der Waals surface area contributed by atoms with Crippen molar-refractivity contribution < 1.29 is 14.3 Å². The molecule has 0 unspecified atom stereocenters. The topological polar surface area (TPSA) is 58.6 Å². The second-order valence-electron chi connectivity index (χ2n) is 12.5. The van der Waals surface area contributed by atoms with Gasteiger partial charge in [-0.1, -0.05) is 89.2 Å². The number of benzene rings is 3. The van der Waals surface area contributed by atoms with Gasteiger partial charge < -0.3 is 15.0 Å². The number of hydrogen-bond acceptors (Lipinski definition) is 5. The van der Waals surface area contributed by atoms with E-state index >= 15 is 0 Å².